The fourth-order valence-electron chi connectivity index (χ4n) is 2.62. The highest BCUT2D eigenvalue weighted by Crippen LogP contribution is 2.15. The summed E-state index contributed by atoms with van der Waals surface area (Å²) in [6, 6.07) is 8.32. The summed E-state index contributed by atoms with van der Waals surface area (Å²) in [6.45, 7) is 4.05. The first-order chi connectivity index (χ1) is 9.69. The van der Waals surface area contributed by atoms with Gasteiger partial charge in [0.15, 0.2) is 0 Å². The smallest absolute Gasteiger partial charge is 0.234 e. The molecule has 1 aliphatic heterocycles. The van der Waals surface area contributed by atoms with Crippen LogP contribution in [-0.4, -0.2) is 41.7 Å². The predicted molar refractivity (Wildman–Crippen MR) is 79.3 cm³/mol. The van der Waals surface area contributed by atoms with E-state index < -0.39 is 0 Å². The third-order valence-electron chi connectivity index (χ3n) is 3.92. The molecule has 1 aromatic carbocycles. The summed E-state index contributed by atoms with van der Waals surface area (Å²) >= 11 is 0. The van der Waals surface area contributed by atoms with Crippen LogP contribution >= 0.6 is 0 Å². The third kappa shape index (κ3) is 4.32. The molecule has 1 heterocycles. The van der Waals surface area contributed by atoms with Crippen molar-refractivity contribution in [3.8, 4) is 0 Å². The van der Waals surface area contributed by atoms with E-state index in [9.17, 15) is 9.90 Å². The maximum atomic E-state index is 12.0. The first-order valence-electron chi connectivity index (χ1n) is 7.36. The monoisotopic (exact) mass is 276 g/mol. The van der Waals surface area contributed by atoms with Crippen LogP contribution in [0.5, 0.6) is 0 Å². The number of nitrogens with one attached hydrogen (secondary N) is 1. The molecule has 2 N–H and O–H groups in total. The van der Waals surface area contributed by atoms with E-state index >= 15 is 0 Å². The van der Waals surface area contributed by atoms with Crippen molar-refractivity contribution in [3.05, 3.63) is 35.4 Å². The Morgan fingerprint density at radius 2 is 2.10 bits per heavy atom. The normalized spacial score (nSPS) is 19.8. The summed E-state index contributed by atoms with van der Waals surface area (Å²) in [5.41, 5.74) is 2.33. The molecule has 1 aromatic rings. The van der Waals surface area contributed by atoms with Crippen molar-refractivity contribution >= 4 is 5.91 Å². The largest absolute Gasteiger partial charge is 0.395 e. The van der Waals surface area contributed by atoms with E-state index in [4.69, 9.17) is 0 Å². The Bertz CT molecular complexity index is 431. The molecular weight excluding hydrogens is 252 g/mol. The Hall–Kier alpha value is -1.39. The van der Waals surface area contributed by atoms with Gasteiger partial charge in [-0.15, -0.1) is 0 Å². The molecule has 0 bridgehead atoms. The summed E-state index contributed by atoms with van der Waals surface area (Å²) in [7, 11) is 0. The lowest BCUT2D eigenvalue weighted by molar-refractivity contribution is -0.123. The van der Waals surface area contributed by atoms with Crippen LogP contribution in [0.25, 0.3) is 0 Å². The van der Waals surface area contributed by atoms with Gasteiger partial charge in [0.1, 0.15) is 0 Å². The number of hydrogen-bond acceptors (Lipinski definition) is 3. The molecule has 1 unspecified atom stereocenters. The van der Waals surface area contributed by atoms with E-state index in [1.54, 1.807) is 0 Å². The van der Waals surface area contributed by atoms with Crippen molar-refractivity contribution in [2.24, 2.45) is 0 Å². The molecule has 0 aliphatic carbocycles. The highest BCUT2D eigenvalue weighted by atomic mass is 16.3. The van der Waals surface area contributed by atoms with Crippen molar-refractivity contribution in [2.75, 3.05) is 19.7 Å². The lowest BCUT2D eigenvalue weighted by atomic mass is 10.0. The highest BCUT2D eigenvalue weighted by Gasteiger charge is 2.23. The lowest BCUT2D eigenvalue weighted by Gasteiger charge is -2.33. The van der Waals surface area contributed by atoms with Crippen molar-refractivity contribution < 1.29 is 9.90 Å². The van der Waals surface area contributed by atoms with E-state index in [1.807, 2.05) is 31.2 Å². The number of piperidine rings is 1. The number of aryl methyl sites for hydroxylation is 1. The van der Waals surface area contributed by atoms with Crippen molar-refractivity contribution in [1.82, 2.24) is 10.2 Å². The van der Waals surface area contributed by atoms with Crippen LogP contribution < -0.4 is 5.32 Å². The van der Waals surface area contributed by atoms with Crippen LogP contribution in [-0.2, 0) is 11.3 Å². The number of likely N-dealkylation sites (tertiary alicyclic amines) is 1. The SMILES string of the molecule is Cc1ccc(CNC(=O)CN2CCCCC2CO)cc1. The van der Waals surface area contributed by atoms with Gasteiger partial charge in [-0.05, 0) is 31.9 Å². The number of carbonyl (C=O) groups excluding carboxylic acids is 1. The number of carbonyl (C=O) groups is 1. The van der Waals surface area contributed by atoms with Gasteiger partial charge in [-0.3, -0.25) is 9.69 Å². The quantitative estimate of drug-likeness (QED) is 0.856. The van der Waals surface area contributed by atoms with Gasteiger partial charge in [0.2, 0.25) is 5.91 Å². The van der Waals surface area contributed by atoms with Gasteiger partial charge in [-0.2, -0.15) is 0 Å². The topological polar surface area (TPSA) is 52.6 Å². The lowest BCUT2D eigenvalue weighted by Crippen LogP contribution is -2.46. The molecule has 4 heteroatoms. The van der Waals surface area contributed by atoms with E-state index in [1.165, 1.54) is 5.56 Å². The second-order valence-corrected chi connectivity index (χ2v) is 5.56. The van der Waals surface area contributed by atoms with E-state index in [2.05, 4.69) is 10.2 Å². The minimum atomic E-state index is 0.0333. The average molecular weight is 276 g/mol. The number of amides is 1. The zero-order valence-electron chi connectivity index (χ0n) is 12.1. The van der Waals surface area contributed by atoms with Gasteiger partial charge in [-0.1, -0.05) is 36.2 Å². The van der Waals surface area contributed by atoms with Gasteiger partial charge in [0, 0.05) is 12.6 Å². The van der Waals surface area contributed by atoms with E-state index in [0.717, 1.165) is 31.4 Å². The molecule has 0 radical (unpaired) electrons. The first-order valence-corrected chi connectivity index (χ1v) is 7.36. The molecule has 0 saturated carbocycles. The summed E-state index contributed by atoms with van der Waals surface area (Å²) < 4.78 is 0. The Labute approximate surface area is 120 Å². The standard InChI is InChI=1S/C16H24N2O2/c1-13-5-7-14(8-6-13)10-17-16(20)11-18-9-3-2-4-15(18)12-19/h5-8,15,19H,2-4,9-12H2,1H3,(H,17,20). The summed E-state index contributed by atoms with van der Waals surface area (Å²) in [5.74, 6) is 0.0333. The van der Waals surface area contributed by atoms with Crippen molar-refractivity contribution in [3.63, 3.8) is 0 Å². The number of hydrogen-bond donors (Lipinski definition) is 2. The molecule has 0 spiro atoms. The molecule has 20 heavy (non-hydrogen) atoms. The number of nitrogens with zero attached hydrogens (tertiary/aromatic N) is 1. The molecule has 110 valence electrons. The fraction of sp³-hybridized carbons (Fsp3) is 0.562. The minimum absolute atomic E-state index is 0.0333. The van der Waals surface area contributed by atoms with E-state index in [0.29, 0.717) is 13.1 Å². The van der Waals surface area contributed by atoms with Crippen LogP contribution in [0.1, 0.15) is 30.4 Å². The second kappa shape index (κ2) is 7.41. The second-order valence-electron chi connectivity index (χ2n) is 5.56. The minimum Gasteiger partial charge on any atom is -0.395 e. The van der Waals surface area contributed by atoms with Gasteiger partial charge < -0.3 is 10.4 Å². The number of aliphatic hydroxyl groups excluding tert-OH is 1. The number of benzene rings is 1. The summed E-state index contributed by atoms with van der Waals surface area (Å²) in [4.78, 5) is 14.1. The molecule has 2 rings (SSSR count). The zero-order chi connectivity index (χ0) is 14.4. The summed E-state index contributed by atoms with van der Waals surface area (Å²) in [5, 5.41) is 12.3. The molecule has 1 fully saturated rings. The number of aliphatic hydroxyl groups is 1. The Balaban J connectivity index is 1.78. The van der Waals surface area contributed by atoms with Gasteiger partial charge >= 0.3 is 0 Å². The van der Waals surface area contributed by atoms with Crippen LogP contribution in [0, 0.1) is 6.92 Å². The molecule has 4 nitrogen and oxygen atoms in total. The van der Waals surface area contributed by atoms with Crippen LogP contribution in [0.15, 0.2) is 24.3 Å². The van der Waals surface area contributed by atoms with Gasteiger partial charge in [0.25, 0.3) is 0 Å². The average Bonchev–Trinajstić information content (AvgIpc) is 2.47. The first kappa shape index (κ1) is 15.0. The van der Waals surface area contributed by atoms with Gasteiger partial charge in [0.05, 0.1) is 13.2 Å². The number of rotatable bonds is 5. The third-order valence-corrected chi connectivity index (χ3v) is 3.92. The molecule has 0 aromatic heterocycles. The highest BCUT2D eigenvalue weighted by molar-refractivity contribution is 5.78. The predicted octanol–water partition coefficient (Wildman–Crippen LogP) is 1.46. The van der Waals surface area contributed by atoms with Gasteiger partial charge in [-0.25, -0.2) is 0 Å². The van der Waals surface area contributed by atoms with Crippen LogP contribution in [0.3, 0.4) is 0 Å². The summed E-state index contributed by atoms with van der Waals surface area (Å²) in [6.07, 6.45) is 3.25. The maximum absolute atomic E-state index is 12.0. The zero-order valence-corrected chi connectivity index (χ0v) is 12.1. The molecule has 1 amide bonds. The van der Waals surface area contributed by atoms with E-state index in [-0.39, 0.29) is 18.6 Å². The molecular formula is C16H24N2O2. The Morgan fingerprint density at radius 3 is 2.80 bits per heavy atom. The Morgan fingerprint density at radius 1 is 1.35 bits per heavy atom. The van der Waals surface area contributed by atoms with Crippen molar-refractivity contribution in [2.45, 2.75) is 38.8 Å². The van der Waals surface area contributed by atoms with Crippen LogP contribution in [0.4, 0.5) is 0 Å². The maximum Gasteiger partial charge on any atom is 0.234 e. The van der Waals surface area contributed by atoms with Crippen molar-refractivity contribution in [1.29, 1.82) is 0 Å². The van der Waals surface area contributed by atoms with Crippen LogP contribution in [0.2, 0.25) is 0 Å². The molecule has 1 atom stereocenters. The molecule has 1 aliphatic rings. The molecule has 1 saturated heterocycles. The Kier molecular flexibility index (Phi) is 5.56. The fourth-order valence-corrected chi connectivity index (χ4v) is 2.62.